The summed E-state index contributed by atoms with van der Waals surface area (Å²) in [5, 5.41) is 0. The quantitative estimate of drug-likeness (QED) is 0.172. The summed E-state index contributed by atoms with van der Waals surface area (Å²) in [5.41, 5.74) is 24.2. The van der Waals surface area contributed by atoms with Gasteiger partial charge in [0.1, 0.15) is 0 Å². The molecule has 8 aromatic carbocycles. The average molecular weight is 788 g/mol. The van der Waals surface area contributed by atoms with Crippen molar-refractivity contribution in [3.63, 3.8) is 0 Å². The summed E-state index contributed by atoms with van der Waals surface area (Å²) in [5.74, 6) is 0. The first-order valence-corrected chi connectivity index (χ1v) is 22.0. The lowest BCUT2D eigenvalue weighted by Gasteiger charge is -2.33. The fourth-order valence-electron chi connectivity index (χ4n) is 11.0. The highest BCUT2D eigenvalue weighted by atomic mass is 15.1. The Bertz CT molecular complexity index is 3010. The van der Waals surface area contributed by atoms with Crippen LogP contribution < -0.4 is 4.90 Å². The van der Waals surface area contributed by atoms with E-state index in [9.17, 15) is 0 Å². The molecular formula is C60H53N. The molecule has 298 valence electrons. The maximum Gasteiger partial charge on any atom is 0.0726 e. The molecule has 8 aromatic rings. The van der Waals surface area contributed by atoms with Gasteiger partial charge in [0.15, 0.2) is 0 Å². The van der Waals surface area contributed by atoms with Crippen molar-refractivity contribution < 1.29 is 0 Å². The molecule has 1 spiro atoms. The first kappa shape index (κ1) is 37.6. The smallest absolute Gasteiger partial charge is 0.0726 e. The van der Waals surface area contributed by atoms with Crippen molar-refractivity contribution in [2.45, 2.75) is 77.0 Å². The summed E-state index contributed by atoms with van der Waals surface area (Å²) in [4.78, 5) is 2.53. The minimum atomic E-state index is -0.481. The van der Waals surface area contributed by atoms with Gasteiger partial charge in [-0.15, -0.1) is 0 Å². The maximum atomic E-state index is 2.54. The Hall–Kier alpha value is -6.44. The second-order valence-corrected chi connectivity index (χ2v) is 20.2. The van der Waals surface area contributed by atoms with Crippen LogP contribution in [-0.4, -0.2) is 0 Å². The third-order valence-electron chi connectivity index (χ3n) is 14.2. The minimum absolute atomic E-state index is 0.0175. The van der Waals surface area contributed by atoms with Crippen molar-refractivity contribution in [1.82, 2.24) is 0 Å². The van der Waals surface area contributed by atoms with Gasteiger partial charge >= 0.3 is 0 Å². The molecule has 0 amide bonds. The summed E-state index contributed by atoms with van der Waals surface area (Å²) >= 11 is 0. The molecule has 0 aliphatic heterocycles. The monoisotopic (exact) mass is 787 g/mol. The van der Waals surface area contributed by atoms with E-state index in [1.807, 2.05) is 0 Å². The van der Waals surface area contributed by atoms with Gasteiger partial charge in [-0.1, -0.05) is 201 Å². The average Bonchev–Trinajstić information content (AvgIpc) is 3.81. The van der Waals surface area contributed by atoms with Crippen LogP contribution in [0.4, 0.5) is 17.1 Å². The van der Waals surface area contributed by atoms with Gasteiger partial charge in [-0.05, 0) is 125 Å². The van der Waals surface area contributed by atoms with Crippen LogP contribution in [0.25, 0.3) is 44.5 Å². The van der Waals surface area contributed by atoms with Crippen LogP contribution in [0.15, 0.2) is 176 Å². The van der Waals surface area contributed by atoms with Gasteiger partial charge in [0.2, 0.25) is 0 Å². The second-order valence-electron chi connectivity index (χ2n) is 20.2. The molecule has 3 aliphatic carbocycles. The van der Waals surface area contributed by atoms with Crippen LogP contribution in [0.3, 0.4) is 0 Å². The van der Waals surface area contributed by atoms with Crippen molar-refractivity contribution in [3.8, 4) is 44.5 Å². The first-order valence-electron chi connectivity index (χ1n) is 22.0. The zero-order chi connectivity index (χ0) is 42.1. The van der Waals surface area contributed by atoms with E-state index < -0.39 is 5.41 Å². The molecule has 0 fully saturated rings. The molecule has 61 heavy (non-hydrogen) atoms. The number of hydrogen-bond donors (Lipinski definition) is 0. The van der Waals surface area contributed by atoms with Crippen molar-refractivity contribution in [2.75, 3.05) is 4.90 Å². The topological polar surface area (TPSA) is 3.24 Å². The molecule has 0 saturated heterocycles. The molecule has 0 aromatic heterocycles. The SMILES string of the molecule is CC(C)(C)c1ccc2c(c1)-c1cc(C(C)(C)C)ccc1C21c2ccccc2-c2ccc(N(c3ccc4c(c3)C(C)(C)c3ccccc3-4)c3ccccc3-c3ccccc3)cc21. The van der Waals surface area contributed by atoms with Gasteiger partial charge in [-0.25, -0.2) is 0 Å². The van der Waals surface area contributed by atoms with E-state index in [1.54, 1.807) is 0 Å². The molecule has 0 N–H and O–H groups in total. The highest BCUT2D eigenvalue weighted by Gasteiger charge is 2.52. The van der Waals surface area contributed by atoms with Crippen molar-refractivity contribution in [1.29, 1.82) is 0 Å². The Morgan fingerprint density at radius 1 is 0.344 bits per heavy atom. The number of fused-ring (bicyclic) bond motifs is 13. The van der Waals surface area contributed by atoms with Crippen LogP contribution in [0, 0.1) is 0 Å². The Labute approximate surface area is 362 Å². The third kappa shape index (κ3) is 5.39. The van der Waals surface area contributed by atoms with Gasteiger partial charge in [0.05, 0.1) is 11.1 Å². The number of nitrogens with zero attached hydrogens (tertiary/aromatic N) is 1. The van der Waals surface area contributed by atoms with Gasteiger partial charge in [-0.3, -0.25) is 0 Å². The Morgan fingerprint density at radius 3 is 1.38 bits per heavy atom. The number of para-hydroxylation sites is 1. The summed E-state index contributed by atoms with van der Waals surface area (Å²) in [7, 11) is 0. The van der Waals surface area contributed by atoms with Gasteiger partial charge in [-0.2, -0.15) is 0 Å². The molecule has 1 heteroatoms. The predicted octanol–water partition coefficient (Wildman–Crippen LogP) is 16.1. The second kappa shape index (κ2) is 13.0. The molecule has 0 heterocycles. The fourth-order valence-corrected chi connectivity index (χ4v) is 11.0. The largest absolute Gasteiger partial charge is 0.310 e. The van der Waals surface area contributed by atoms with E-state index in [4.69, 9.17) is 0 Å². The van der Waals surface area contributed by atoms with Crippen LogP contribution >= 0.6 is 0 Å². The predicted molar refractivity (Wildman–Crippen MR) is 258 cm³/mol. The molecule has 11 rings (SSSR count). The van der Waals surface area contributed by atoms with Crippen LogP contribution in [-0.2, 0) is 21.7 Å². The Balaban J connectivity index is 1.20. The maximum absolute atomic E-state index is 2.54. The zero-order valence-electron chi connectivity index (χ0n) is 36.7. The summed E-state index contributed by atoms with van der Waals surface area (Å²) in [6, 6.07) is 67.2. The summed E-state index contributed by atoms with van der Waals surface area (Å²) < 4.78 is 0. The van der Waals surface area contributed by atoms with E-state index in [0.29, 0.717) is 0 Å². The molecule has 0 atom stereocenters. The molecule has 1 nitrogen and oxygen atoms in total. The molecular weight excluding hydrogens is 735 g/mol. The highest BCUT2D eigenvalue weighted by molar-refractivity contribution is 5.98. The van der Waals surface area contributed by atoms with Crippen molar-refractivity contribution in [2.24, 2.45) is 0 Å². The summed E-state index contributed by atoms with van der Waals surface area (Å²) in [6.07, 6.45) is 0. The lowest BCUT2D eigenvalue weighted by atomic mass is 9.70. The number of anilines is 3. The first-order chi connectivity index (χ1) is 29.3. The van der Waals surface area contributed by atoms with Crippen molar-refractivity contribution in [3.05, 3.63) is 220 Å². The van der Waals surface area contributed by atoms with E-state index in [2.05, 4.69) is 236 Å². The molecule has 0 unspecified atom stereocenters. The lowest BCUT2D eigenvalue weighted by molar-refractivity contribution is 0.589. The lowest BCUT2D eigenvalue weighted by Crippen LogP contribution is -2.26. The van der Waals surface area contributed by atoms with Crippen molar-refractivity contribution >= 4 is 17.1 Å². The van der Waals surface area contributed by atoms with E-state index in [1.165, 1.54) is 89.0 Å². The van der Waals surface area contributed by atoms with Gasteiger partial charge in [0, 0.05) is 22.4 Å². The van der Waals surface area contributed by atoms with Gasteiger partial charge < -0.3 is 4.90 Å². The highest BCUT2D eigenvalue weighted by Crippen LogP contribution is 2.64. The molecule has 0 saturated carbocycles. The van der Waals surface area contributed by atoms with Crippen LogP contribution in [0.5, 0.6) is 0 Å². The Morgan fingerprint density at radius 2 is 0.787 bits per heavy atom. The van der Waals surface area contributed by atoms with E-state index >= 15 is 0 Å². The summed E-state index contributed by atoms with van der Waals surface area (Å²) in [6.45, 7) is 18.8. The van der Waals surface area contributed by atoms with E-state index in [-0.39, 0.29) is 16.2 Å². The molecule has 0 radical (unpaired) electrons. The Kier molecular flexibility index (Phi) is 8.02. The standard InChI is InChI=1S/C60H53N/c1-57(2,3)39-26-32-52-48(34-39)49-35-40(58(4,5)6)27-33-53(49)60(52)51-24-16-13-22-45(51)47-31-29-42(37-55(47)60)61(56-25-17-14-20-43(56)38-18-10-9-11-19-38)41-28-30-46-44-21-12-15-23-50(44)59(7,8)54(46)36-41/h9-37H,1-8H3. The zero-order valence-corrected chi connectivity index (χ0v) is 36.7. The van der Waals surface area contributed by atoms with E-state index in [0.717, 1.165) is 17.1 Å². The van der Waals surface area contributed by atoms with Gasteiger partial charge in [0.25, 0.3) is 0 Å². The number of rotatable bonds is 4. The van der Waals surface area contributed by atoms with Crippen LogP contribution in [0.1, 0.15) is 99.9 Å². The third-order valence-corrected chi connectivity index (χ3v) is 14.2. The molecule has 0 bridgehead atoms. The number of hydrogen-bond acceptors (Lipinski definition) is 1. The number of benzene rings is 8. The normalized spacial score (nSPS) is 14.8. The minimum Gasteiger partial charge on any atom is -0.310 e. The van der Waals surface area contributed by atoms with Crippen LogP contribution in [0.2, 0.25) is 0 Å². The fraction of sp³-hybridized carbons (Fsp3) is 0.200. The molecule has 3 aliphatic rings.